The molecule has 0 heterocycles. The quantitative estimate of drug-likeness (QED) is 0.874. The van der Waals surface area contributed by atoms with Crippen LogP contribution in [0.5, 0.6) is 0 Å². The van der Waals surface area contributed by atoms with Crippen molar-refractivity contribution in [2.75, 3.05) is 13.6 Å². The molecule has 2 aromatic rings. The molecular formula is C17H20ClFN2. The summed E-state index contributed by atoms with van der Waals surface area (Å²) in [5.41, 5.74) is 8.38. The van der Waals surface area contributed by atoms with E-state index < -0.39 is 0 Å². The highest BCUT2D eigenvalue weighted by atomic mass is 35.5. The first-order valence-electron chi connectivity index (χ1n) is 6.98. The normalized spacial score (nSPS) is 12.6. The minimum absolute atomic E-state index is 0.00191. The number of rotatable bonds is 6. The number of benzene rings is 2. The second-order valence-corrected chi connectivity index (χ2v) is 5.75. The fourth-order valence-electron chi connectivity index (χ4n) is 2.22. The van der Waals surface area contributed by atoms with Crippen LogP contribution in [0.25, 0.3) is 0 Å². The van der Waals surface area contributed by atoms with Gasteiger partial charge in [-0.05, 0) is 55.4 Å². The van der Waals surface area contributed by atoms with Crippen molar-refractivity contribution >= 4 is 11.6 Å². The highest BCUT2D eigenvalue weighted by Crippen LogP contribution is 2.17. The summed E-state index contributed by atoms with van der Waals surface area (Å²) in [7, 11) is 2.04. The molecule has 0 radical (unpaired) electrons. The maximum Gasteiger partial charge on any atom is 0.123 e. The fraction of sp³-hybridized carbons (Fsp3) is 0.294. The molecular weight excluding hydrogens is 287 g/mol. The van der Waals surface area contributed by atoms with Crippen molar-refractivity contribution in [3.8, 4) is 0 Å². The first-order chi connectivity index (χ1) is 10.0. The Morgan fingerprint density at radius 1 is 1.10 bits per heavy atom. The number of nitrogens with two attached hydrogens (primary N) is 1. The highest BCUT2D eigenvalue weighted by Gasteiger charge is 2.08. The first-order valence-corrected chi connectivity index (χ1v) is 7.36. The van der Waals surface area contributed by atoms with E-state index in [1.807, 2.05) is 43.4 Å². The molecule has 0 aromatic heterocycles. The van der Waals surface area contributed by atoms with Crippen LogP contribution in [-0.4, -0.2) is 18.5 Å². The van der Waals surface area contributed by atoms with Gasteiger partial charge in [0, 0.05) is 17.6 Å². The van der Waals surface area contributed by atoms with E-state index in [0.717, 1.165) is 35.7 Å². The van der Waals surface area contributed by atoms with Gasteiger partial charge in [0.2, 0.25) is 0 Å². The lowest BCUT2D eigenvalue weighted by molar-refractivity contribution is 0.311. The first kappa shape index (κ1) is 16.0. The molecule has 0 aliphatic rings. The van der Waals surface area contributed by atoms with Gasteiger partial charge in [-0.25, -0.2) is 4.39 Å². The van der Waals surface area contributed by atoms with Gasteiger partial charge in [-0.2, -0.15) is 0 Å². The zero-order chi connectivity index (χ0) is 15.2. The van der Waals surface area contributed by atoms with Gasteiger partial charge in [0.05, 0.1) is 0 Å². The van der Waals surface area contributed by atoms with Crippen molar-refractivity contribution in [2.24, 2.45) is 5.73 Å². The largest absolute Gasteiger partial charge is 0.324 e. The van der Waals surface area contributed by atoms with E-state index in [0.29, 0.717) is 0 Å². The van der Waals surface area contributed by atoms with Gasteiger partial charge >= 0.3 is 0 Å². The molecule has 0 fully saturated rings. The zero-order valence-corrected chi connectivity index (χ0v) is 12.9. The molecule has 0 bridgehead atoms. The van der Waals surface area contributed by atoms with Crippen molar-refractivity contribution < 1.29 is 4.39 Å². The van der Waals surface area contributed by atoms with E-state index in [4.69, 9.17) is 17.3 Å². The Balaban J connectivity index is 1.81. The fourth-order valence-corrected chi connectivity index (χ4v) is 2.34. The maximum absolute atomic E-state index is 12.9. The van der Waals surface area contributed by atoms with Crippen LogP contribution in [0.4, 0.5) is 4.39 Å². The van der Waals surface area contributed by atoms with Crippen LogP contribution in [0.15, 0.2) is 48.5 Å². The average Bonchev–Trinajstić information content (AvgIpc) is 2.48. The lowest BCUT2D eigenvalue weighted by Gasteiger charge is -2.19. The van der Waals surface area contributed by atoms with Crippen LogP contribution in [0.3, 0.4) is 0 Å². The summed E-state index contributed by atoms with van der Waals surface area (Å²) in [5.74, 6) is -0.203. The maximum atomic E-state index is 12.9. The van der Waals surface area contributed by atoms with E-state index in [2.05, 4.69) is 4.90 Å². The molecule has 2 N–H and O–H groups in total. The van der Waals surface area contributed by atoms with E-state index in [-0.39, 0.29) is 11.9 Å². The van der Waals surface area contributed by atoms with E-state index in [1.54, 1.807) is 0 Å². The number of halogens is 2. The highest BCUT2D eigenvalue weighted by molar-refractivity contribution is 6.30. The molecule has 0 aliphatic carbocycles. The second kappa shape index (κ2) is 7.55. The summed E-state index contributed by atoms with van der Waals surface area (Å²) < 4.78 is 12.9. The predicted molar refractivity (Wildman–Crippen MR) is 85.7 cm³/mol. The number of hydrogen-bond donors (Lipinski definition) is 1. The van der Waals surface area contributed by atoms with Crippen LogP contribution < -0.4 is 5.73 Å². The SMILES string of the molecule is CN(CCC(N)c1ccc(Cl)cc1)Cc1ccc(F)cc1. The lowest BCUT2D eigenvalue weighted by atomic mass is 10.0. The Morgan fingerprint density at radius 3 is 2.33 bits per heavy atom. The van der Waals surface area contributed by atoms with Gasteiger partial charge in [0.1, 0.15) is 5.82 Å². The molecule has 0 aliphatic heterocycles. The molecule has 0 saturated heterocycles. The number of hydrogen-bond acceptors (Lipinski definition) is 2. The molecule has 2 rings (SSSR count). The van der Waals surface area contributed by atoms with E-state index >= 15 is 0 Å². The average molecular weight is 307 g/mol. The molecule has 4 heteroatoms. The van der Waals surface area contributed by atoms with Crippen LogP contribution in [0.1, 0.15) is 23.6 Å². The molecule has 0 amide bonds. The summed E-state index contributed by atoms with van der Waals surface area (Å²) >= 11 is 5.87. The Kier molecular flexibility index (Phi) is 5.74. The number of nitrogens with zero attached hydrogens (tertiary/aromatic N) is 1. The lowest BCUT2D eigenvalue weighted by Crippen LogP contribution is -2.23. The van der Waals surface area contributed by atoms with Gasteiger partial charge in [-0.3, -0.25) is 0 Å². The van der Waals surface area contributed by atoms with Crippen molar-refractivity contribution in [1.82, 2.24) is 4.90 Å². The molecule has 2 aromatic carbocycles. The van der Waals surface area contributed by atoms with Gasteiger partial charge in [-0.1, -0.05) is 35.9 Å². The third-order valence-electron chi connectivity index (χ3n) is 3.49. The molecule has 1 unspecified atom stereocenters. The van der Waals surface area contributed by atoms with Crippen molar-refractivity contribution in [3.63, 3.8) is 0 Å². The summed E-state index contributed by atoms with van der Waals surface area (Å²) in [5, 5.41) is 0.722. The standard InChI is InChI=1S/C17H20ClFN2/c1-21(12-13-2-8-16(19)9-3-13)11-10-17(20)14-4-6-15(18)7-5-14/h2-9,17H,10-12,20H2,1H3. The van der Waals surface area contributed by atoms with E-state index in [9.17, 15) is 4.39 Å². The molecule has 1 atom stereocenters. The summed E-state index contributed by atoms with van der Waals surface area (Å²) in [6.07, 6.45) is 0.860. The molecule has 112 valence electrons. The smallest absolute Gasteiger partial charge is 0.123 e. The minimum atomic E-state index is -0.203. The van der Waals surface area contributed by atoms with Crippen LogP contribution >= 0.6 is 11.6 Å². The zero-order valence-electron chi connectivity index (χ0n) is 12.1. The third-order valence-corrected chi connectivity index (χ3v) is 3.74. The topological polar surface area (TPSA) is 29.3 Å². The van der Waals surface area contributed by atoms with Gasteiger partial charge in [-0.15, -0.1) is 0 Å². The molecule has 0 spiro atoms. The minimum Gasteiger partial charge on any atom is -0.324 e. The molecule has 0 saturated carbocycles. The summed E-state index contributed by atoms with van der Waals surface area (Å²) in [6.45, 7) is 1.66. The Bertz CT molecular complexity index is 554. The Labute approximate surface area is 130 Å². The third kappa shape index (κ3) is 5.12. The van der Waals surface area contributed by atoms with Crippen LogP contribution in [0, 0.1) is 5.82 Å². The molecule has 2 nitrogen and oxygen atoms in total. The monoisotopic (exact) mass is 306 g/mol. The summed E-state index contributed by atoms with van der Waals surface area (Å²) in [4.78, 5) is 2.18. The predicted octanol–water partition coefficient (Wildman–Crippen LogP) is 4.00. The molecule has 21 heavy (non-hydrogen) atoms. The second-order valence-electron chi connectivity index (χ2n) is 5.31. The van der Waals surface area contributed by atoms with Gasteiger partial charge in [0.25, 0.3) is 0 Å². The van der Waals surface area contributed by atoms with Gasteiger partial charge < -0.3 is 10.6 Å². The Hall–Kier alpha value is -1.42. The summed E-state index contributed by atoms with van der Waals surface area (Å²) in [6, 6.07) is 14.2. The van der Waals surface area contributed by atoms with Crippen LogP contribution in [0.2, 0.25) is 5.02 Å². The van der Waals surface area contributed by atoms with Gasteiger partial charge in [0.15, 0.2) is 0 Å². The van der Waals surface area contributed by atoms with Crippen molar-refractivity contribution in [1.29, 1.82) is 0 Å². The van der Waals surface area contributed by atoms with Crippen molar-refractivity contribution in [2.45, 2.75) is 19.0 Å². The Morgan fingerprint density at radius 2 is 1.71 bits per heavy atom. The van der Waals surface area contributed by atoms with Crippen molar-refractivity contribution in [3.05, 3.63) is 70.5 Å². The van der Waals surface area contributed by atoms with Crippen LogP contribution in [-0.2, 0) is 6.54 Å². The van der Waals surface area contributed by atoms with E-state index in [1.165, 1.54) is 12.1 Å².